The molecule has 2 fully saturated rings. The van der Waals surface area contributed by atoms with E-state index in [0.29, 0.717) is 12.6 Å². The quantitative estimate of drug-likeness (QED) is 0.823. The number of likely N-dealkylation sites (tertiary alicyclic amines) is 1. The highest BCUT2D eigenvalue weighted by atomic mass is 16.5. The zero-order valence-electron chi connectivity index (χ0n) is 12.8. The van der Waals surface area contributed by atoms with E-state index in [-0.39, 0.29) is 16.7 Å². The van der Waals surface area contributed by atoms with Crippen molar-refractivity contribution in [2.75, 3.05) is 13.1 Å². The van der Waals surface area contributed by atoms with Crippen LogP contribution in [0.25, 0.3) is 0 Å². The van der Waals surface area contributed by atoms with Gasteiger partial charge in [-0.15, -0.1) is 0 Å². The van der Waals surface area contributed by atoms with E-state index in [0.717, 1.165) is 6.42 Å². The van der Waals surface area contributed by atoms with Gasteiger partial charge in [0.15, 0.2) is 0 Å². The Labute approximate surface area is 112 Å². The van der Waals surface area contributed by atoms with Crippen molar-refractivity contribution in [2.45, 2.75) is 83.1 Å². The first-order valence-electron chi connectivity index (χ1n) is 7.41. The average Bonchev–Trinajstić information content (AvgIpc) is 2.44. The van der Waals surface area contributed by atoms with Crippen molar-refractivity contribution >= 4 is 0 Å². The molecule has 0 aromatic heterocycles. The zero-order valence-corrected chi connectivity index (χ0v) is 12.8. The van der Waals surface area contributed by atoms with E-state index in [1.54, 1.807) is 0 Å². The van der Waals surface area contributed by atoms with Crippen LogP contribution in [0.4, 0.5) is 0 Å². The Kier molecular flexibility index (Phi) is 3.54. The molecule has 2 aliphatic rings. The van der Waals surface area contributed by atoms with Crippen molar-refractivity contribution in [3.05, 3.63) is 0 Å². The fourth-order valence-electron chi connectivity index (χ4n) is 4.36. The van der Waals surface area contributed by atoms with Crippen molar-refractivity contribution in [2.24, 2.45) is 5.73 Å². The summed E-state index contributed by atoms with van der Waals surface area (Å²) in [7, 11) is 0. The molecule has 3 heteroatoms. The van der Waals surface area contributed by atoms with E-state index in [9.17, 15) is 0 Å². The number of ether oxygens (including phenoxy) is 1. The molecule has 0 spiro atoms. The molecule has 0 amide bonds. The smallest absolute Gasteiger partial charge is 0.0830 e. The normalized spacial score (nSPS) is 40.0. The number of hydrogen-bond acceptors (Lipinski definition) is 3. The Morgan fingerprint density at radius 2 is 1.89 bits per heavy atom. The summed E-state index contributed by atoms with van der Waals surface area (Å²) < 4.78 is 6.32. The van der Waals surface area contributed by atoms with Crippen LogP contribution in [0.2, 0.25) is 0 Å². The van der Waals surface area contributed by atoms with Crippen LogP contribution in [0, 0.1) is 0 Å². The van der Waals surface area contributed by atoms with Crippen LogP contribution in [0.15, 0.2) is 0 Å². The molecule has 2 saturated heterocycles. The third kappa shape index (κ3) is 2.10. The SMILES string of the molecule is CC1CCCCN1C1(CN)CC(C)(C)OC1(C)C. The predicted molar refractivity (Wildman–Crippen MR) is 75.7 cm³/mol. The van der Waals surface area contributed by atoms with Crippen LogP contribution in [0.3, 0.4) is 0 Å². The first-order chi connectivity index (χ1) is 8.24. The van der Waals surface area contributed by atoms with E-state index in [4.69, 9.17) is 10.5 Å². The Hall–Kier alpha value is -0.120. The van der Waals surface area contributed by atoms with Crippen molar-refractivity contribution in [3.63, 3.8) is 0 Å². The van der Waals surface area contributed by atoms with Crippen molar-refractivity contribution < 1.29 is 4.74 Å². The second-order valence-corrected chi connectivity index (χ2v) is 7.32. The summed E-state index contributed by atoms with van der Waals surface area (Å²) in [5.41, 5.74) is 5.99. The molecule has 0 aliphatic carbocycles. The third-order valence-electron chi connectivity index (χ3n) is 5.06. The second kappa shape index (κ2) is 4.46. The first-order valence-corrected chi connectivity index (χ1v) is 7.41. The van der Waals surface area contributed by atoms with E-state index in [1.165, 1.54) is 25.8 Å². The molecule has 0 radical (unpaired) electrons. The molecule has 2 rings (SSSR count). The predicted octanol–water partition coefficient (Wildman–Crippen LogP) is 2.54. The highest BCUT2D eigenvalue weighted by molar-refractivity contribution is 5.14. The molecule has 0 bridgehead atoms. The minimum absolute atomic E-state index is 0.00363. The van der Waals surface area contributed by atoms with Gasteiger partial charge in [0.05, 0.1) is 16.7 Å². The maximum Gasteiger partial charge on any atom is 0.0830 e. The summed E-state index contributed by atoms with van der Waals surface area (Å²) in [5.74, 6) is 0. The van der Waals surface area contributed by atoms with Gasteiger partial charge in [-0.05, 0) is 60.4 Å². The molecule has 18 heavy (non-hydrogen) atoms. The van der Waals surface area contributed by atoms with E-state index in [1.807, 2.05) is 0 Å². The molecule has 2 unspecified atom stereocenters. The van der Waals surface area contributed by atoms with Crippen LogP contribution in [0.1, 0.15) is 60.3 Å². The third-order valence-corrected chi connectivity index (χ3v) is 5.06. The summed E-state index contributed by atoms with van der Waals surface area (Å²) in [6.45, 7) is 13.0. The van der Waals surface area contributed by atoms with E-state index in [2.05, 4.69) is 39.5 Å². The van der Waals surface area contributed by atoms with Gasteiger partial charge in [0.25, 0.3) is 0 Å². The first kappa shape index (κ1) is 14.3. The number of nitrogens with zero attached hydrogens (tertiary/aromatic N) is 1. The number of nitrogens with two attached hydrogens (primary N) is 1. The van der Waals surface area contributed by atoms with E-state index >= 15 is 0 Å². The number of piperidine rings is 1. The lowest BCUT2D eigenvalue weighted by atomic mass is 9.75. The van der Waals surface area contributed by atoms with Crippen molar-refractivity contribution in [1.29, 1.82) is 0 Å². The lowest BCUT2D eigenvalue weighted by Crippen LogP contribution is -2.66. The van der Waals surface area contributed by atoms with E-state index < -0.39 is 0 Å². The Bertz CT molecular complexity index is 314. The molecule has 0 aromatic rings. The highest BCUT2D eigenvalue weighted by Gasteiger charge is 2.60. The van der Waals surface area contributed by atoms with Gasteiger partial charge in [-0.25, -0.2) is 0 Å². The molecule has 2 N–H and O–H groups in total. The lowest BCUT2D eigenvalue weighted by molar-refractivity contribution is -0.114. The molecule has 2 atom stereocenters. The average molecular weight is 254 g/mol. The molecular formula is C15H30N2O. The second-order valence-electron chi connectivity index (χ2n) is 7.32. The fraction of sp³-hybridized carbons (Fsp3) is 1.00. The van der Waals surface area contributed by atoms with Crippen molar-refractivity contribution in [3.8, 4) is 0 Å². The topological polar surface area (TPSA) is 38.5 Å². The standard InChI is InChI=1S/C15H30N2O/c1-12-8-6-7-9-17(12)15(11-16)10-13(2,3)18-14(15,4)5/h12H,6-11,16H2,1-5H3. The minimum atomic E-state index is -0.170. The molecule has 0 saturated carbocycles. The van der Waals surface area contributed by atoms with Crippen LogP contribution < -0.4 is 5.73 Å². The fourth-order valence-corrected chi connectivity index (χ4v) is 4.36. The van der Waals surface area contributed by atoms with Gasteiger partial charge in [-0.3, -0.25) is 4.90 Å². The molecule has 2 heterocycles. The molecule has 3 nitrogen and oxygen atoms in total. The Morgan fingerprint density at radius 3 is 2.33 bits per heavy atom. The van der Waals surface area contributed by atoms with Gasteiger partial charge < -0.3 is 10.5 Å². The lowest BCUT2D eigenvalue weighted by Gasteiger charge is -2.52. The molecule has 0 aromatic carbocycles. The maximum atomic E-state index is 6.32. The largest absolute Gasteiger partial charge is 0.368 e. The van der Waals surface area contributed by atoms with Crippen LogP contribution in [-0.2, 0) is 4.74 Å². The van der Waals surface area contributed by atoms with Gasteiger partial charge in [-0.2, -0.15) is 0 Å². The van der Waals surface area contributed by atoms with Gasteiger partial charge in [0.2, 0.25) is 0 Å². The Balaban J connectivity index is 2.35. The summed E-state index contributed by atoms with van der Waals surface area (Å²) in [5, 5.41) is 0. The molecular weight excluding hydrogens is 224 g/mol. The maximum absolute atomic E-state index is 6.32. The number of rotatable bonds is 2. The van der Waals surface area contributed by atoms with Gasteiger partial charge in [-0.1, -0.05) is 6.42 Å². The Morgan fingerprint density at radius 1 is 1.22 bits per heavy atom. The summed E-state index contributed by atoms with van der Waals surface area (Å²) in [6.07, 6.45) is 4.97. The molecule has 106 valence electrons. The monoisotopic (exact) mass is 254 g/mol. The zero-order chi connectivity index (χ0) is 13.6. The summed E-state index contributed by atoms with van der Waals surface area (Å²) in [6, 6.07) is 0.624. The van der Waals surface area contributed by atoms with Gasteiger partial charge in [0.1, 0.15) is 0 Å². The number of hydrogen-bond donors (Lipinski definition) is 1. The highest BCUT2D eigenvalue weighted by Crippen LogP contribution is 2.49. The summed E-state index contributed by atoms with van der Waals surface area (Å²) >= 11 is 0. The van der Waals surface area contributed by atoms with Crippen LogP contribution in [0.5, 0.6) is 0 Å². The van der Waals surface area contributed by atoms with Gasteiger partial charge in [0, 0.05) is 12.6 Å². The van der Waals surface area contributed by atoms with Crippen molar-refractivity contribution in [1.82, 2.24) is 4.90 Å². The minimum Gasteiger partial charge on any atom is -0.368 e. The van der Waals surface area contributed by atoms with Crippen LogP contribution >= 0.6 is 0 Å². The van der Waals surface area contributed by atoms with Crippen LogP contribution in [-0.4, -0.2) is 40.8 Å². The molecule has 2 aliphatic heterocycles. The summed E-state index contributed by atoms with van der Waals surface area (Å²) in [4.78, 5) is 2.64. The van der Waals surface area contributed by atoms with Gasteiger partial charge >= 0.3 is 0 Å².